The van der Waals surface area contributed by atoms with Crippen LogP contribution < -0.4 is 9.62 Å². The first-order chi connectivity index (χ1) is 15.7. The van der Waals surface area contributed by atoms with Crippen molar-refractivity contribution in [2.45, 2.75) is 18.7 Å². The Morgan fingerprint density at radius 1 is 0.970 bits per heavy atom. The SMILES string of the molecule is CCOC(=O)c1ccccc1NC(=O)CN(c1ccc(C)cc1)S(=O)(=O)c1ccc(F)cc1. The van der Waals surface area contributed by atoms with Crippen molar-refractivity contribution in [1.29, 1.82) is 0 Å². The van der Waals surface area contributed by atoms with Gasteiger partial charge in [0.25, 0.3) is 10.0 Å². The van der Waals surface area contributed by atoms with Crippen molar-refractivity contribution in [2.75, 3.05) is 22.8 Å². The molecule has 9 heteroatoms. The Labute approximate surface area is 191 Å². The van der Waals surface area contributed by atoms with E-state index in [0.717, 1.165) is 34.1 Å². The number of carbonyl (C=O) groups excluding carboxylic acids is 2. The molecule has 3 rings (SSSR count). The second-order valence-electron chi connectivity index (χ2n) is 7.12. The Bertz CT molecular complexity index is 1240. The second kappa shape index (κ2) is 10.3. The van der Waals surface area contributed by atoms with Gasteiger partial charge in [0.1, 0.15) is 12.4 Å². The van der Waals surface area contributed by atoms with Gasteiger partial charge < -0.3 is 10.1 Å². The fourth-order valence-corrected chi connectivity index (χ4v) is 4.48. The molecule has 172 valence electrons. The second-order valence-corrected chi connectivity index (χ2v) is 8.98. The van der Waals surface area contributed by atoms with Crippen LogP contribution in [0.4, 0.5) is 15.8 Å². The van der Waals surface area contributed by atoms with Gasteiger partial charge in [-0.25, -0.2) is 17.6 Å². The molecule has 0 saturated carbocycles. The van der Waals surface area contributed by atoms with E-state index in [2.05, 4.69) is 5.32 Å². The number of hydrogen-bond acceptors (Lipinski definition) is 5. The van der Waals surface area contributed by atoms with E-state index in [0.29, 0.717) is 0 Å². The van der Waals surface area contributed by atoms with Crippen molar-refractivity contribution < 1.29 is 27.1 Å². The van der Waals surface area contributed by atoms with Crippen LogP contribution in [0, 0.1) is 12.7 Å². The van der Waals surface area contributed by atoms with Crippen LogP contribution in [0.1, 0.15) is 22.8 Å². The van der Waals surface area contributed by atoms with Gasteiger partial charge in [-0.05, 0) is 62.4 Å². The number of rotatable bonds is 8. The molecule has 1 amide bonds. The third-order valence-corrected chi connectivity index (χ3v) is 6.50. The van der Waals surface area contributed by atoms with Crippen molar-refractivity contribution >= 4 is 33.3 Å². The van der Waals surface area contributed by atoms with Crippen molar-refractivity contribution in [3.8, 4) is 0 Å². The number of carbonyl (C=O) groups is 2. The standard InChI is InChI=1S/C24H23FN2O5S/c1-3-32-24(29)21-6-4-5-7-22(21)26-23(28)16-27(19-12-8-17(2)9-13-19)33(30,31)20-14-10-18(25)11-15-20/h4-15H,3,16H2,1-2H3,(H,26,28). The highest BCUT2D eigenvalue weighted by molar-refractivity contribution is 7.92. The lowest BCUT2D eigenvalue weighted by molar-refractivity contribution is -0.114. The summed E-state index contributed by atoms with van der Waals surface area (Å²) in [5.41, 5.74) is 1.52. The maximum absolute atomic E-state index is 13.3. The van der Waals surface area contributed by atoms with Gasteiger partial charge in [0.05, 0.1) is 28.4 Å². The van der Waals surface area contributed by atoms with Crippen LogP contribution in [0.15, 0.2) is 77.7 Å². The molecule has 0 atom stereocenters. The molecule has 0 unspecified atom stereocenters. The molecule has 0 aliphatic heterocycles. The summed E-state index contributed by atoms with van der Waals surface area (Å²) in [6.45, 7) is 3.11. The molecule has 0 heterocycles. The third kappa shape index (κ3) is 5.75. The Hall–Kier alpha value is -3.72. The average Bonchev–Trinajstić information content (AvgIpc) is 2.79. The van der Waals surface area contributed by atoms with Gasteiger partial charge in [0.15, 0.2) is 0 Å². The minimum Gasteiger partial charge on any atom is -0.462 e. The van der Waals surface area contributed by atoms with Gasteiger partial charge in [-0.2, -0.15) is 0 Å². The summed E-state index contributed by atoms with van der Waals surface area (Å²) in [7, 11) is -4.19. The highest BCUT2D eigenvalue weighted by Crippen LogP contribution is 2.25. The van der Waals surface area contributed by atoms with Crippen molar-refractivity contribution in [3.05, 3.63) is 89.7 Å². The van der Waals surface area contributed by atoms with Crippen LogP contribution in [-0.2, 0) is 19.6 Å². The topological polar surface area (TPSA) is 92.8 Å². The molecular weight excluding hydrogens is 447 g/mol. The molecule has 3 aromatic carbocycles. The summed E-state index contributed by atoms with van der Waals surface area (Å²) in [6, 6.07) is 17.2. The molecule has 0 fully saturated rings. The predicted octanol–water partition coefficient (Wildman–Crippen LogP) is 4.14. The van der Waals surface area contributed by atoms with E-state index < -0.39 is 34.3 Å². The smallest absolute Gasteiger partial charge is 0.340 e. The summed E-state index contributed by atoms with van der Waals surface area (Å²) in [6.07, 6.45) is 0. The Morgan fingerprint density at radius 2 is 1.61 bits per heavy atom. The van der Waals surface area contributed by atoms with E-state index in [1.165, 1.54) is 12.1 Å². The number of hydrogen-bond donors (Lipinski definition) is 1. The lowest BCUT2D eigenvalue weighted by Crippen LogP contribution is -2.38. The fourth-order valence-electron chi connectivity index (χ4n) is 3.06. The number of nitrogens with zero attached hydrogens (tertiary/aromatic N) is 1. The van der Waals surface area contributed by atoms with Crippen LogP contribution in [0.3, 0.4) is 0 Å². The predicted molar refractivity (Wildman–Crippen MR) is 123 cm³/mol. The first kappa shape index (κ1) is 23.9. The van der Waals surface area contributed by atoms with E-state index in [4.69, 9.17) is 4.74 Å². The maximum Gasteiger partial charge on any atom is 0.340 e. The third-order valence-electron chi connectivity index (χ3n) is 4.71. The van der Waals surface area contributed by atoms with Gasteiger partial charge in [-0.3, -0.25) is 9.10 Å². The van der Waals surface area contributed by atoms with Crippen molar-refractivity contribution in [2.24, 2.45) is 0 Å². The normalized spacial score (nSPS) is 11.0. The van der Waals surface area contributed by atoms with Gasteiger partial charge in [0, 0.05) is 0 Å². The number of esters is 1. The molecule has 0 saturated heterocycles. The molecule has 0 radical (unpaired) electrons. The number of ether oxygens (including phenoxy) is 1. The highest BCUT2D eigenvalue weighted by Gasteiger charge is 2.28. The zero-order valence-electron chi connectivity index (χ0n) is 18.1. The Balaban J connectivity index is 1.93. The summed E-state index contributed by atoms with van der Waals surface area (Å²) in [4.78, 5) is 24.9. The summed E-state index contributed by atoms with van der Waals surface area (Å²) in [5.74, 6) is -1.86. The van der Waals surface area contributed by atoms with Crippen molar-refractivity contribution in [3.63, 3.8) is 0 Å². The van der Waals surface area contributed by atoms with Crippen LogP contribution in [-0.4, -0.2) is 33.4 Å². The zero-order valence-corrected chi connectivity index (χ0v) is 18.9. The van der Waals surface area contributed by atoms with E-state index in [9.17, 15) is 22.4 Å². The number of para-hydroxylation sites is 1. The summed E-state index contributed by atoms with van der Waals surface area (Å²) in [5, 5.41) is 2.59. The van der Waals surface area contributed by atoms with Crippen LogP contribution in [0.25, 0.3) is 0 Å². The highest BCUT2D eigenvalue weighted by atomic mass is 32.2. The molecule has 1 N–H and O–H groups in total. The molecule has 0 spiro atoms. The van der Waals surface area contributed by atoms with Crippen LogP contribution >= 0.6 is 0 Å². The molecule has 3 aromatic rings. The number of amides is 1. The van der Waals surface area contributed by atoms with Gasteiger partial charge in [-0.1, -0.05) is 29.8 Å². The van der Waals surface area contributed by atoms with E-state index in [1.807, 2.05) is 6.92 Å². The lowest BCUT2D eigenvalue weighted by atomic mass is 10.2. The van der Waals surface area contributed by atoms with E-state index in [1.54, 1.807) is 43.3 Å². The van der Waals surface area contributed by atoms with Gasteiger partial charge >= 0.3 is 5.97 Å². The summed E-state index contributed by atoms with van der Waals surface area (Å²) < 4.78 is 45.9. The van der Waals surface area contributed by atoms with Crippen LogP contribution in [0.2, 0.25) is 0 Å². The molecule has 0 bridgehead atoms. The fraction of sp³-hybridized carbons (Fsp3) is 0.167. The maximum atomic E-state index is 13.3. The molecule has 33 heavy (non-hydrogen) atoms. The minimum atomic E-state index is -4.19. The molecule has 0 aliphatic rings. The monoisotopic (exact) mass is 470 g/mol. The zero-order chi connectivity index (χ0) is 24.0. The van der Waals surface area contributed by atoms with Gasteiger partial charge in [0.2, 0.25) is 5.91 Å². The Kier molecular flexibility index (Phi) is 7.44. The van der Waals surface area contributed by atoms with E-state index >= 15 is 0 Å². The first-order valence-electron chi connectivity index (χ1n) is 10.1. The first-order valence-corrected chi connectivity index (χ1v) is 11.6. The van der Waals surface area contributed by atoms with E-state index in [-0.39, 0.29) is 28.4 Å². The lowest BCUT2D eigenvalue weighted by Gasteiger charge is -2.24. The summed E-state index contributed by atoms with van der Waals surface area (Å²) >= 11 is 0. The number of aryl methyl sites for hydroxylation is 1. The number of halogens is 1. The largest absolute Gasteiger partial charge is 0.462 e. The molecular formula is C24H23FN2O5S. The number of anilines is 2. The molecule has 0 aliphatic carbocycles. The quantitative estimate of drug-likeness (QED) is 0.500. The van der Waals surface area contributed by atoms with Crippen LogP contribution in [0.5, 0.6) is 0 Å². The minimum absolute atomic E-state index is 0.149. The molecule has 0 aromatic heterocycles. The van der Waals surface area contributed by atoms with Crippen molar-refractivity contribution in [1.82, 2.24) is 0 Å². The average molecular weight is 471 g/mol. The Morgan fingerprint density at radius 3 is 2.24 bits per heavy atom. The van der Waals surface area contributed by atoms with Gasteiger partial charge in [-0.15, -0.1) is 0 Å². The molecule has 7 nitrogen and oxygen atoms in total. The number of benzene rings is 3. The number of nitrogens with one attached hydrogen (secondary N) is 1. The number of sulfonamides is 1.